The largest absolute Gasteiger partial charge is 0.315 e. The molecule has 0 aromatic heterocycles. The van der Waals surface area contributed by atoms with Crippen LogP contribution in [0.4, 0.5) is 0 Å². The summed E-state index contributed by atoms with van der Waals surface area (Å²) in [6.45, 7) is 7.42. The first-order valence-electron chi connectivity index (χ1n) is 6.92. The molecule has 2 aliphatic heterocycles. The molecule has 2 saturated heterocycles. The fourth-order valence-corrected chi connectivity index (χ4v) is 4.19. The van der Waals surface area contributed by atoms with Crippen LogP contribution in [0.1, 0.15) is 32.6 Å². The summed E-state index contributed by atoms with van der Waals surface area (Å²) in [7, 11) is 0. The van der Waals surface area contributed by atoms with Crippen molar-refractivity contribution in [1.82, 2.24) is 10.2 Å². The van der Waals surface area contributed by atoms with E-state index < -0.39 is 0 Å². The van der Waals surface area contributed by atoms with E-state index >= 15 is 0 Å². The van der Waals surface area contributed by atoms with Crippen LogP contribution in [0.5, 0.6) is 0 Å². The monoisotopic (exact) mass is 242 g/mol. The minimum atomic E-state index is 0.819. The summed E-state index contributed by atoms with van der Waals surface area (Å²) in [5, 5.41) is 3.55. The maximum absolute atomic E-state index is 3.55. The van der Waals surface area contributed by atoms with Gasteiger partial charge in [0.25, 0.3) is 0 Å². The lowest BCUT2D eigenvalue weighted by Gasteiger charge is -2.36. The van der Waals surface area contributed by atoms with E-state index in [1.54, 1.807) is 0 Å². The van der Waals surface area contributed by atoms with Crippen molar-refractivity contribution < 1.29 is 0 Å². The van der Waals surface area contributed by atoms with Gasteiger partial charge in [0, 0.05) is 19.1 Å². The molecule has 2 unspecified atom stereocenters. The van der Waals surface area contributed by atoms with Crippen LogP contribution in [0.3, 0.4) is 0 Å². The van der Waals surface area contributed by atoms with E-state index in [1.807, 2.05) is 0 Å². The molecule has 2 rings (SSSR count). The van der Waals surface area contributed by atoms with Crippen LogP contribution in [0.2, 0.25) is 0 Å². The van der Waals surface area contributed by atoms with E-state index in [4.69, 9.17) is 0 Å². The number of rotatable bonds is 5. The standard InChI is InChI=1S/C13H26N2S/c1-2-7-15(10-12-5-8-16-11-12)13-4-3-6-14-9-13/h12-14H,2-11H2,1H3. The second-order valence-corrected chi connectivity index (χ2v) is 6.37. The van der Waals surface area contributed by atoms with Crippen molar-refractivity contribution in [3.63, 3.8) is 0 Å². The molecule has 0 radical (unpaired) electrons. The van der Waals surface area contributed by atoms with E-state index in [1.165, 1.54) is 63.4 Å². The van der Waals surface area contributed by atoms with Crippen molar-refractivity contribution in [3.05, 3.63) is 0 Å². The third kappa shape index (κ3) is 3.64. The molecule has 2 nitrogen and oxygen atoms in total. The first-order chi connectivity index (χ1) is 7.90. The third-order valence-corrected chi connectivity index (χ3v) is 5.05. The van der Waals surface area contributed by atoms with Gasteiger partial charge in [-0.2, -0.15) is 11.8 Å². The summed E-state index contributed by atoms with van der Waals surface area (Å²) in [5.74, 6) is 3.77. The van der Waals surface area contributed by atoms with E-state index in [-0.39, 0.29) is 0 Å². The number of hydrogen-bond acceptors (Lipinski definition) is 3. The van der Waals surface area contributed by atoms with Gasteiger partial charge in [0.15, 0.2) is 0 Å². The van der Waals surface area contributed by atoms with E-state index in [2.05, 4.69) is 28.9 Å². The Balaban J connectivity index is 1.82. The predicted molar refractivity (Wildman–Crippen MR) is 73.2 cm³/mol. The quantitative estimate of drug-likeness (QED) is 0.796. The molecule has 94 valence electrons. The first-order valence-corrected chi connectivity index (χ1v) is 8.08. The van der Waals surface area contributed by atoms with Crippen LogP contribution in [0, 0.1) is 5.92 Å². The second-order valence-electron chi connectivity index (χ2n) is 5.22. The maximum Gasteiger partial charge on any atom is 0.0221 e. The number of nitrogens with one attached hydrogen (secondary N) is 1. The van der Waals surface area contributed by atoms with E-state index in [9.17, 15) is 0 Å². The number of thioether (sulfide) groups is 1. The van der Waals surface area contributed by atoms with Crippen LogP contribution in [0.15, 0.2) is 0 Å². The highest BCUT2D eigenvalue weighted by atomic mass is 32.2. The molecule has 0 bridgehead atoms. The summed E-state index contributed by atoms with van der Waals surface area (Å²) in [5.41, 5.74) is 0. The summed E-state index contributed by atoms with van der Waals surface area (Å²) in [6, 6.07) is 0.819. The first kappa shape index (κ1) is 12.7. The minimum Gasteiger partial charge on any atom is -0.315 e. The second kappa shape index (κ2) is 6.87. The molecule has 0 spiro atoms. The van der Waals surface area contributed by atoms with Crippen LogP contribution < -0.4 is 5.32 Å². The topological polar surface area (TPSA) is 15.3 Å². The molecular formula is C13H26N2S. The number of piperidine rings is 1. The molecule has 0 aromatic rings. The highest BCUT2D eigenvalue weighted by Gasteiger charge is 2.24. The van der Waals surface area contributed by atoms with Gasteiger partial charge in [-0.3, -0.25) is 4.90 Å². The SMILES string of the molecule is CCCN(CC1CCSC1)C1CCCNC1. The molecule has 3 heteroatoms. The van der Waals surface area contributed by atoms with Crippen molar-refractivity contribution in [2.45, 2.75) is 38.6 Å². The van der Waals surface area contributed by atoms with Crippen molar-refractivity contribution in [3.8, 4) is 0 Å². The molecule has 2 fully saturated rings. The summed E-state index contributed by atoms with van der Waals surface area (Å²) in [4.78, 5) is 2.77. The van der Waals surface area contributed by atoms with Crippen LogP contribution >= 0.6 is 11.8 Å². The Kier molecular flexibility index (Phi) is 5.46. The molecule has 2 heterocycles. The van der Waals surface area contributed by atoms with Crippen molar-refractivity contribution in [2.75, 3.05) is 37.7 Å². The Labute approximate surface area is 105 Å². The maximum atomic E-state index is 3.55. The van der Waals surface area contributed by atoms with Crippen LogP contribution in [-0.4, -0.2) is 48.6 Å². The molecule has 16 heavy (non-hydrogen) atoms. The molecule has 2 aliphatic rings. The van der Waals surface area contributed by atoms with Crippen molar-refractivity contribution in [1.29, 1.82) is 0 Å². The molecular weight excluding hydrogens is 216 g/mol. The van der Waals surface area contributed by atoms with Crippen LogP contribution in [0.25, 0.3) is 0 Å². The third-order valence-electron chi connectivity index (χ3n) is 3.81. The summed E-state index contributed by atoms with van der Waals surface area (Å²) in [6.07, 6.45) is 5.53. The van der Waals surface area contributed by atoms with Gasteiger partial charge in [0.2, 0.25) is 0 Å². The highest BCUT2D eigenvalue weighted by molar-refractivity contribution is 7.99. The van der Waals surface area contributed by atoms with Gasteiger partial charge >= 0.3 is 0 Å². The average Bonchev–Trinajstić information content (AvgIpc) is 2.83. The summed E-state index contributed by atoms with van der Waals surface area (Å²) < 4.78 is 0. The Bertz CT molecular complexity index is 186. The van der Waals surface area contributed by atoms with E-state index in [0.29, 0.717) is 0 Å². The Morgan fingerprint density at radius 1 is 1.38 bits per heavy atom. The average molecular weight is 242 g/mol. The Morgan fingerprint density at radius 2 is 2.31 bits per heavy atom. The normalized spacial score (nSPS) is 31.1. The highest BCUT2D eigenvalue weighted by Crippen LogP contribution is 2.25. The minimum absolute atomic E-state index is 0.819. The molecule has 0 amide bonds. The van der Waals surface area contributed by atoms with Gasteiger partial charge in [-0.1, -0.05) is 6.92 Å². The predicted octanol–water partition coefficient (Wildman–Crippen LogP) is 2.20. The van der Waals surface area contributed by atoms with Gasteiger partial charge in [-0.05, 0) is 56.2 Å². The van der Waals surface area contributed by atoms with Crippen molar-refractivity contribution >= 4 is 11.8 Å². The van der Waals surface area contributed by atoms with Gasteiger partial charge in [0.05, 0.1) is 0 Å². The smallest absolute Gasteiger partial charge is 0.0221 e. The fourth-order valence-electron chi connectivity index (χ4n) is 2.91. The van der Waals surface area contributed by atoms with Gasteiger partial charge < -0.3 is 5.32 Å². The fraction of sp³-hybridized carbons (Fsp3) is 1.00. The lowest BCUT2D eigenvalue weighted by molar-refractivity contribution is 0.146. The molecule has 0 aromatic carbocycles. The van der Waals surface area contributed by atoms with Gasteiger partial charge in [-0.25, -0.2) is 0 Å². The molecule has 2 atom stereocenters. The summed E-state index contributed by atoms with van der Waals surface area (Å²) >= 11 is 2.15. The molecule has 0 aliphatic carbocycles. The van der Waals surface area contributed by atoms with Gasteiger partial charge in [0.1, 0.15) is 0 Å². The van der Waals surface area contributed by atoms with Crippen molar-refractivity contribution in [2.24, 2.45) is 5.92 Å². The Morgan fingerprint density at radius 3 is 2.94 bits per heavy atom. The van der Waals surface area contributed by atoms with Gasteiger partial charge in [-0.15, -0.1) is 0 Å². The number of nitrogens with zero attached hydrogens (tertiary/aromatic N) is 1. The zero-order chi connectivity index (χ0) is 11.2. The molecule has 0 saturated carbocycles. The zero-order valence-corrected chi connectivity index (χ0v) is 11.4. The van der Waals surface area contributed by atoms with Crippen LogP contribution in [-0.2, 0) is 0 Å². The lowest BCUT2D eigenvalue weighted by atomic mass is 10.0. The molecule has 1 N–H and O–H groups in total. The number of hydrogen-bond donors (Lipinski definition) is 1. The van der Waals surface area contributed by atoms with E-state index in [0.717, 1.165) is 12.0 Å². The zero-order valence-electron chi connectivity index (χ0n) is 10.6. The Hall–Kier alpha value is 0.270. The lowest BCUT2D eigenvalue weighted by Crippen LogP contribution is -2.48.